The predicted molar refractivity (Wildman–Crippen MR) is 260 cm³/mol. The minimum absolute atomic E-state index is 0.0622. The summed E-state index contributed by atoms with van der Waals surface area (Å²) in [6.07, 6.45) is 65.3. The quantitative estimate of drug-likeness (QED) is 0.0347. The molecule has 0 saturated heterocycles. The molecule has 0 rings (SSSR count). The van der Waals surface area contributed by atoms with Gasteiger partial charge in [-0.3, -0.25) is 9.59 Å². The third-order valence-electron chi connectivity index (χ3n) is 10.8. The lowest BCUT2D eigenvalue weighted by Crippen LogP contribution is -2.30. The van der Waals surface area contributed by atoms with E-state index in [4.69, 9.17) is 14.2 Å². The minimum atomic E-state index is -0.562. The highest BCUT2D eigenvalue weighted by molar-refractivity contribution is 5.70. The Morgan fingerprint density at radius 3 is 1.13 bits per heavy atom. The summed E-state index contributed by atoms with van der Waals surface area (Å²) in [5.74, 6) is -0.437. The summed E-state index contributed by atoms with van der Waals surface area (Å²) in [6, 6.07) is 0. The van der Waals surface area contributed by atoms with Gasteiger partial charge in [0.15, 0.2) is 6.10 Å². The van der Waals surface area contributed by atoms with Crippen molar-refractivity contribution < 1.29 is 23.8 Å². The molecule has 0 aromatic heterocycles. The van der Waals surface area contributed by atoms with E-state index in [9.17, 15) is 9.59 Å². The molecule has 0 aromatic carbocycles. The molecule has 0 spiro atoms. The first-order valence-electron chi connectivity index (χ1n) is 25.5. The van der Waals surface area contributed by atoms with Crippen molar-refractivity contribution in [3.63, 3.8) is 0 Å². The first kappa shape index (κ1) is 57.3. The van der Waals surface area contributed by atoms with Gasteiger partial charge in [0, 0.05) is 19.4 Å². The molecule has 0 aliphatic heterocycles. The second-order valence-electron chi connectivity index (χ2n) is 16.7. The van der Waals surface area contributed by atoms with Gasteiger partial charge in [0.2, 0.25) is 0 Å². The van der Waals surface area contributed by atoms with Crippen LogP contribution in [0.4, 0.5) is 0 Å². The van der Waals surface area contributed by atoms with Crippen LogP contribution in [0.15, 0.2) is 72.9 Å². The van der Waals surface area contributed by atoms with Gasteiger partial charge in [-0.15, -0.1) is 0 Å². The molecule has 0 amide bonds. The summed E-state index contributed by atoms with van der Waals surface area (Å²) >= 11 is 0. The van der Waals surface area contributed by atoms with Crippen LogP contribution in [0.25, 0.3) is 0 Å². The molecule has 5 nitrogen and oxygen atoms in total. The average molecular weight is 837 g/mol. The first-order valence-corrected chi connectivity index (χ1v) is 25.5. The number of hydrogen-bond acceptors (Lipinski definition) is 5. The van der Waals surface area contributed by atoms with E-state index in [1.54, 1.807) is 0 Å². The Balaban J connectivity index is 4.09. The van der Waals surface area contributed by atoms with Crippen LogP contribution >= 0.6 is 0 Å². The van der Waals surface area contributed by atoms with Crippen molar-refractivity contribution in [1.29, 1.82) is 0 Å². The van der Waals surface area contributed by atoms with Gasteiger partial charge < -0.3 is 14.2 Å². The van der Waals surface area contributed by atoms with E-state index >= 15 is 0 Å². The zero-order valence-corrected chi connectivity index (χ0v) is 39.7. The number of carbonyl (C=O) groups is 2. The molecular formula is C55H96O5. The number of allylic oxidation sites excluding steroid dienone is 12. The number of unbranched alkanes of at least 4 members (excludes halogenated alkanes) is 23. The van der Waals surface area contributed by atoms with E-state index in [2.05, 4.69) is 93.7 Å². The van der Waals surface area contributed by atoms with Gasteiger partial charge in [-0.1, -0.05) is 235 Å². The Bertz CT molecular complexity index is 1080. The summed E-state index contributed by atoms with van der Waals surface area (Å²) in [4.78, 5) is 25.1. The highest BCUT2D eigenvalue weighted by atomic mass is 16.6. The van der Waals surface area contributed by atoms with Crippen molar-refractivity contribution in [2.24, 2.45) is 0 Å². The van der Waals surface area contributed by atoms with Crippen LogP contribution in [0, 0.1) is 0 Å². The summed E-state index contributed by atoms with van der Waals surface area (Å²) in [7, 11) is 0. The maximum Gasteiger partial charge on any atom is 0.306 e. The molecule has 1 unspecified atom stereocenters. The van der Waals surface area contributed by atoms with Crippen molar-refractivity contribution in [2.45, 2.75) is 245 Å². The molecule has 0 aliphatic rings. The smallest absolute Gasteiger partial charge is 0.306 e. The van der Waals surface area contributed by atoms with E-state index in [0.29, 0.717) is 19.4 Å². The molecule has 1 atom stereocenters. The van der Waals surface area contributed by atoms with E-state index in [-0.39, 0.29) is 25.2 Å². The summed E-state index contributed by atoms with van der Waals surface area (Å²) in [5, 5.41) is 0. The van der Waals surface area contributed by atoms with Crippen LogP contribution < -0.4 is 0 Å². The molecule has 60 heavy (non-hydrogen) atoms. The third-order valence-corrected chi connectivity index (χ3v) is 10.8. The Kier molecular flexibility index (Phi) is 48.4. The van der Waals surface area contributed by atoms with Gasteiger partial charge in [-0.2, -0.15) is 0 Å². The minimum Gasteiger partial charge on any atom is -0.462 e. The Labute approximate surface area is 372 Å². The van der Waals surface area contributed by atoms with Crippen LogP contribution in [0.2, 0.25) is 0 Å². The summed E-state index contributed by atoms with van der Waals surface area (Å²) < 4.78 is 17.2. The molecule has 0 N–H and O–H groups in total. The van der Waals surface area contributed by atoms with Gasteiger partial charge in [0.1, 0.15) is 6.61 Å². The van der Waals surface area contributed by atoms with Crippen molar-refractivity contribution in [3.8, 4) is 0 Å². The normalized spacial score (nSPS) is 12.8. The number of ether oxygens (including phenoxy) is 3. The van der Waals surface area contributed by atoms with Crippen LogP contribution in [0.5, 0.6) is 0 Å². The van der Waals surface area contributed by atoms with E-state index in [0.717, 1.165) is 83.5 Å². The first-order chi connectivity index (χ1) is 29.6. The van der Waals surface area contributed by atoms with Crippen molar-refractivity contribution >= 4 is 11.9 Å². The maximum absolute atomic E-state index is 12.6. The van der Waals surface area contributed by atoms with Crippen molar-refractivity contribution in [1.82, 2.24) is 0 Å². The lowest BCUT2D eigenvalue weighted by atomic mass is 10.0. The second-order valence-corrected chi connectivity index (χ2v) is 16.7. The molecule has 0 bridgehead atoms. The standard InChI is InChI=1S/C55H96O5/c1-4-7-10-13-15-17-19-21-23-25-27-29-31-33-35-37-39-41-44-47-50-58-51-53(60-55(57)49-46-42-12-9-6-3)52-59-54(56)48-45-43-40-38-36-34-32-30-28-26-24-22-20-18-16-14-11-8-5-2/h7,10,15,17,21,23,27,29,33,35,39,41,53H,4-6,8-9,11-14,16,18-20,22,24-26,28,30-32,34,36-38,40,42-52H2,1-3H3/b10-7-,17-15-,23-21-,29-27-,35-33-,41-39-. The Hall–Kier alpha value is -2.66. The van der Waals surface area contributed by atoms with Gasteiger partial charge in [-0.05, 0) is 64.2 Å². The zero-order chi connectivity index (χ0) is 43.5. The van der Waals surface area contributed by atoms with Crippen molar-refractivity contribution in [3.05, 3.63) is 72.9 Å². The molecule has 346 valence electrons. The average Bonchev–Trinajstić information content (AvgIpc) is 3.25. The molecule has 0 fully saturated rings. The summed E-state index contributed by atoms with van der Waals surface area (Å²) in [5.41, 5.74) is 0. The van der Waals surface area contributed by atoms with E-state index in [1.807, 2.05) is 0 Å². The number of hydrogen-bond donors (Lipinski definition) is 0. The van der Waals surface area contributed by atoms with Gasteiger partial charge >= 0.3 is 11.9 Å². The monoisotopic (exact) mass is 837 g/mol. The lowest BCUT2D eigenvalue weighted by Gasteiger charge is -2.18. The number of rotatable bonds is 46. The Morgan fingerprint density at radius 1 is 0.383 bits per heavy atom. The molecule has 0 aliphatic carbocycles. The number of esters is 2. The predicted octanol–water partition coefficient (Wildman–Crippen LogP) is 17.1. The fraction of sp³-hybridized carbons (Fsp3) is 0.745. The van der Waals surface area contributed by atoms with E-state index < -0.39 is 6.10 Å². The highest BCUT2D eigenvalue weighted by Gasteiger charge is 2.17. The highest BCUT2D eigenvalue weighted by Crippen LogP contribution is 2.15. The lowest BCUT2D eigenvalue weighted by molar-refractivity contribution is -0.163. The fourth-order valence-electron chi connectivity index (χ4n) is 7.00. The molecule has 0 heterocycles. The van der Waals surface area contributed by atoms with Crippen LogP contribution in [-0.2, 0) is 23.8 Å². The van der Waals surface area contributed by atoms with Gasteiger partial charge in [-0.25, -0.2) is 0 Å². The van der Waals surface area contributed by atoms with Gasteiger partial charge in [0.25, 0.3) is 0 Å². The van der Waals surface area contributed by atoms with Gasteiger partial charge in [0.05, 0.1) is 6.61 Å². The molecule has 5 heteroatoms. The summed E-state index contributed by atoms with van der Waals surface area (Å²) in [6.45, 7) is 7.52. The van der Waals surface area contributed by atoms with Crippen LogP contribution in [-0.4, -0.2) is 37.9 Å². The van der Waals surface area contributed by atoms with Crippen molar-refractivity contribution in [2.75, 3.05) is 19.8 Å². The Morgan fingerprint density at radius 2 is 0.733 bits per heavy atom. The zero-order valence-electron chi connectivity index (χ0n) is 39.7. The molecule has 0 radical (unpaired) electrons. The van der Waals surface area contributed by atoms with Crippen LogP contribution in [0.3, 0.4) is 0 Å². The molecule has 0 saturated carbocycles. The van der Waals surface area contributed by atoms with Crippen LogP contribution in [0.1, 0.15) is 239 Å². The molecule has 0 aromatic rings. The maximum atomic E-state index is 12.6. The molecular weight excluding hydrogens is 741 g/mol. The largest absolute Gasteiger partial charge is 0.462 e. The fourth-order valence-corrected chi connectivity index (χ4v) is 7.00. The number of carbonyl (C=O) groups excluding carboxylic acids is 2. The van der Waals surface area contributed by atoms with E-state index in [1.165, 1.54) is 122 Å². The third kappa shape index (κ3) is 48.0. The SMILES string of the molecule is CC/C=C\C/C=C\C/C=C\C/C=C\C/C=C\C/C=C\CCCOCC(COC(=O)CCCCCCCCCCCCCCCCCCCCC)OC(=O)CCCCCCC. The second kappa shape index (κ2) is 50.7. The topological polar surface area (TPSA) is 61.8 Å².